The van der Waals surface area contributed by atoms with Gasteiger partial charge in [0.15, 0.2) is 0 Å². The Morgan fingerprint density at radius 1 is 0.906 bits per heavy atom. The largest absolute Gasteiger partial charge is 0.358 e. The van der Waals surface area contributed by atoms with Crippen molar-refractivity contribution in [2.45, 2.75) is 24.8 Å². The topological polar surface area (TPSA) is 48.1 Å². The van der Waals surface area contributed by atoms with Crippen LogP contribution in [-0.2, 0) is 0 Å². The van der Waals surface area contributed by atoms with Crippen molar-refractivity contribution in [2.24, 2.45) is 0 Å². The molecule has 1 saturated heterocycles. The van der Waals surface area contributed by atoms with Gasteiger partial charge in [0.2, 0.25) is 0 Å². The fourth-order valence-corrected chi connectivity index (χ4v) is 4.78. The van der Waals surface area contributed by atoms with Gasteiger partial charge in [-0.15, -0.1) is 0 Å². The molecule has 2 N–H and O–H groups in total. The second-order valence-electron chi connectivity index (χ2n) is 8.42. The first-order valence-electron chi connectivity index (χ1n) is 11.1. The Morgan fingerprint density at radius 2 is 1.53 bits per heavy atom. The Balaban J connectivity index is 1.27. The molecule has 162 valence electrons. The van der Waals surface area contributed by atoms with Crippen molar-refractivity contribution < 1.29 is 4.79 Å². The Hall–Kier alpha value is -3.24. The van der Waals surface area contributed by atoms with Crippen LogP contribution in [0.3, 0.4) is 0 Å². The molecule has 0 bridgehead atoms. The van der Waals surface area contributed by atoms with Crippen LogP contribution in [-0.4, -0.2) is 29.0 Å². The maximum absolute atomic E-state index is 13.2. The SMILES string of the molecule is O=C(NC(c1ccccc1)c1ccccc1)N1CCC(c2cc3cc(Cl)ccc3[nH]2)CC1. The number of rotatable bonds is 4. The number of nitrogens with zero attached hydrogens (tertiary/aromatic N) is 1. The zero-order valence-corrected chi connectivity index (χ0v) is 18.6. The summed E-state index contributed by atoms with van der Waals surface area (Å²) < 4.78 is 0. The summed E-state index contributed by atoms with van der Waals surface area (Å²) in [6, 6.07) is 28.2. The molecule has 3 aromatic carbocycles. The highest BCUT2D eigenvalue weighted by molar-refractivity contribution is 6.31. The van der Waals surface area contributed by atoms with Gasteiger partial charge in [0.25, 0.3) is 0 Å². The summed E-state index contributed by atoms with van der Waals surface area (Å²) in [5.74, 6) is 0.421. The molecule has 0 aliphatic carbocycles. The van der Waals surface area contributed by atoms with Crippen molar-refractivity contribution in [1.29, 1.82) is 0 Å². The number of fused-ring (bicyclic) bond motifs is 1. The average molecular weight is 444 g/mol. The number of aromatic nitrogens is 1. The third kappa shape index (κ3) is 4.37. The minimum absolute atomic E-state index is 0.00964. The first-order chi connectivity index (χ1) is 15.7. The molecule has 5 rings (SSSR count). The summed E-state index contributed by atoms with van der Waals surface area (Å²) in [5.41, 5.74) is 4.50. The van der Waals surface area contributed by atoms with Crippen molar-refractivity contribution in [1.82, 2.24) is 15.2 Å². The molecule has 4 aromatic rings. The van der Waals surface area contributed by atoms with Crippen LogP contribution in [0.15, 0.2) is 84.9 Å². The monoisotopic (exact) mass is 443 g/mol. The lowest BCUT2D eigenvalue weighted by atomic mass is 9.93. The number of halogens is 1. The molecule has 2 heterocycles. The number of carbonyl (C=O) groups is 1. The van der Waals surface area contributed by atoms with Gasteiger partial charge >= 0.3 is 6.03 Å². The van der Waals surface area contributed by atoms with E-state index in [9.17, 15) is 4.79 Å². The molecule has 1 fully saturated rings. The maximum atomic E-state index is 13.2. The number of hydrogen-bond acceptors (Lipinski definition) is 1. The summed E-state index contributed by atoms with van der Waals surface area (Å²) in [5, 5.41) is 5.16. The van der Waals surface area contributed by atoms with Crippen LogP contribution in [0, 0.1) is 0 Å². The number of aromatic amines is 1. The van der Waals surface area contributed by atoms with E-state index in [1.807, 2.05) is 59.5 Å². The van der Waals surface area contributed by atoms with E-state index in [0.717, 1.165) is 53.0 Å². The molecule has 2 amide bonds. The first kappa shape index (κ1) is 20.7. The molecule has 1 aromatic heterocycles. The number of nitrogens with one attached hydrogen (secondary N) is 2. The quantitative estimate of drug-likeness (QED) is 0.371. The standard InChI is InChI=1S/C27H26ClN3O/c28-23-11-12-24-22(17-23)18-25(29-24)19-13-15-31(16-14-19)27(32)30-26(20-7-3-1-4-8-20)21-9-5-2-6-10-21/h1-12,17-19,26,29H,13-16H2,(H,30,32). The third-order valence-corrected chi connectivity index (χ3v) is 6.59. The van der Waals surface area contributed by atoms with Gasteiger partial charge in [-0.05, 0) is 48.2 Å². The molecule has 0 radical (unpaired) electrons. The van der Waals surface area contributed by atoms with E-state index in [0.29, 0.717) is 5.92 Å². The van der Waals surface area contributed by atoms with Crippen molar-refractivity contribution in [3.05, 3.63) is 107 Å². The second-order valence-corrected chi connectivity index (χ2v) is 8.86. The van der Waals surface area contributed by atoms with Gasteiger partial charge in [-0.25, -0.2) is 4.79 Å². The number of amides is 2. The Kier molecular flexibility index (Phi) is 5.87. The van der Waals surface area contributed by atoms with Gasteiger partial charge < -0.3 is 15.2 Å². The predicted molar refractivity (Wildman–Crippen MR) is 130 cm³/mol. The maximum Gasteiger partial charge on any atom is 0.318 e. The Labute approximate surface area is 193 Å². The Bertz CT molecular complexity index is 1160. The molecule has 5 heteroatoms. The van der Waals surface area contributed by atoms with Crippen molar-refractivity contribution in [2.75, 3.05) is 13.1 Å². The molecule has 0 saturated carbocycles. The molecular formula is C27H26ClN3O. The number of hydrogen-bond donors (Lipinski definition) is 2. The normalized spacial score (nSPS) is 14.8. The van der Waals surface area contributed by atoms with E-state index >= 15 is 0 Å². The highest BCUT2D eigenvalue weighted by atomic mass is 35.5. The van der Waals surface area contributed by atoms with E-state index in [1.54, 1.807) is 0 Å². The van der Waals surface area contributed by atoms with E-state index in [-0.39, 0.29) is 12.1 Å². The van der Waals surface area contributed by atoms with Gasteiger partial charge in [0.05, 0.1) is 6.04 Å². The van der Waals surface area contributed by atoms with Gasteiger partial charge in [-0.3, -0.25) is 0 Å². The van der Waals surface area contributed by atoms with Crippen molar-refractivity contribution in [3.8, 4) is 0 Å². The number of likely N-dealkylation sites (tertiary alicyclic amines) is 1. The predicted octanol–water partition coefficient (Wildman–Crippen LogP) is 6.50. The minimum atomic E-state index is -0.166. The molecule has 32 heavy (non-hydrogen) atoms. The van der Waals surface area contributed by atoms with E-state index in [1.165, 1.54) is 5.69 Å². The van der Waals surface area contributed by atoms with Crippen LogP contribution in [0.2, 0.25) is 5.02 Å². The summed E-state index contributed by atoms with van der Waals surface area (Å²) in [6.07, 6.45) is 1.88. The van der Waals surface area contributed by atoms with Gasteiger partial charge in [0.1, 0.15) is 0 Å². The van der Waals surface area contributed by atoms with Crippen LogP contribution in [0.1, 0.15) is 41.6 Å². The smallest absolute Gasteiger partial charge is 0.318 e. The van der Waals surface area contributed by atoms with E-state index in [4.69, 9.17) is 11.6 Å². The summed E-state index contributed by atoms with van der Waals surface area (Å²) in [4.78, 5) is 18.6. The fourth-order valence-electron chi connectivity index (χ4n) is 4.60. The minimum Gasteiger partial charge on any atom is -0.358 e. The lowest BCUT2D eigenvalue weighted by molar-refractivity contribution is 0.178. The van der Waals surface area contributed by atoms with Crippen LogP contribution in [0.4, 0.5) is 4.79 Å². The highest BCUT2D eigenvalue weighted by Crippen LogP contribution is 2.31. The third-order valence-electron chi connectivity index (χ3n) is 6.36. The summed E-state index contributed by atoms with van der Waals surface area (Å²) in [7, 11) is 0. The molecule has 0 unspecified atom stereocenters. The van der Waals surface area contributed by atoms with Crippen molar-refractivity contribution >= 4 is 28.5 Å². The van der Waals surface area contributed by atoms with Gasteiger partial charge in [-0.2, -0.15) is 0 Å². The molecule has 4 nitrogen and oxygen atoms in total. The van der Waals surface area contributed by atoms with Gasteiger partial charge in [-0.1, -0.05) is 72.3 Å². The van der Waals surface area contributed by atoms with Crippen LogP contribution >= 0.6 is 11.6 Å². The number of benzene rings is 3. The van der Waals surface area contributed by atoms with E-state index in [2.05, 4.69) is 40.6 Å². The highest BCUT2D eigenvalue weighted by Gasteiger charge is 2.27. The summed E-state index contributed by atoms with van der Waals surface area (Å²) >= 11 is 6.13. The zero-order valence-electron chi connectivity index (χ0n) is 17.8. The fraction of sp³-hybridized carbons (Fsp3) is 0.222. The zero-order chi connectivity index (χ0) is 21.9. The van der Waals surface area contributed by atoms with Crippen LogP contribution < -0.4 is 5.32 Å². The lowest BCUT2D eigenvalue weighted by Gasteiger charge is -2.33. The van der Waals surface area contributed by atoms with Crippen LogP contribution in [0.25, 0.3) is 10.9 Å². The van der Waals surface area contributed by atoms with Gasteiger partial charge in [0, 0.05) is 40.6 Å². The lowest BCUT2D eigenvalue weighted by Crippen LogP contribution is -2.45. The average Bonchev–Trinajstić information content (AvgIpc) is 3.27. The molecular weight excluding hydrogens is 418 g/mol. The first-order valence-corrected chi connectivity index (χ1v) is 11.5. The van der Waals surface area contributed by atoms with Crippen LogP contribution in [0.5, 0.6) is 0 Å². The number of H-pyrrole nitrogens is 1. The van der Waals surface area contributed by atoms with Crippen molar-refractivity contribution in [3.63, 3.8) is 0 Å². The number of urea groups is 1. The molecule has 1 aliphatic heterocycles. The van der Waals surface area contributed by atoms with E-state index < -0.39 is 0 Å². The molecule has 0 spiro atoms. The second kappa shape index (κ2) is 9.09. The summed E-state index contributed by atoms with van der Waals surface area (Å²) in [6.45, 7) is 1.48. The molecule has 0 atom stereocenters. The Morgan fingerprint density at radius 3 is 2.16 bits per heavy atom. The number of carbonyl (C=O) groups excluding carboxylic acids is 1. The molecule has 1 aliphatic rings. The number of piperidine rings is 1.